The van der Waals surface area contributed by atoms with Crippen molar-refractivity contribution in [2.45, 2.75) is 3.62 Å². The number of hydrogen-bond donors (Lipinski definition) is 0. The molecule has 0 N–H and O–H groups in total. The number of carbonyl (C=O) groups excluding carboxylic acids is 1. The van der Waals surface area contributed by atoms with E-state index in [0.717, 1.165) is 0 Å². The Labute approximate surface area is 157 Å². The van der Waals surface area contributed by atoms with Crippen LogP contribution in [-0.4, -0.2) is 8.73 Å². The second-order valence-corrected chi connectivity index (χ2v) is 20.6. The quantitative estimate of drug-likeness (QED) is 0.255. The molecule has 0 saturated carbocycles. The summed E-state index contributed by atoms with van der Waals surface area (Å²) in [6.07, 6.45) is 0. The molecule has 1 aliphatic rings. The summed E-state index contributed by atoms with van der Waals surface area (Å²) >= 11 is 15.4. The first-order valence-electron chi connectivity index (χ1n) is 2.50. The van der Waals surface area contributed by atoms with Crippen molar-refractivity contribution in [3.05, 3.63) is 0 Å². The van der Waals surface area contributed by atoms with Gasteiger partial charge in [-0.3, -0.25) is 4.79 Å². The summed E-state index contributed by atoms with van der Waals surface area (Å²) in [6, 6.07) is 0. The molecular formula is C4I6OS. The Hall–Kier alpha value is 4.40. The average molecular weight is 858 g/mol. The molecular weight excluding hydrogens is 858 g/mol. The maximum Gasteiger partial charge on any atom is 0.219 e. The Morgan fingerprint density at radius 3 is 1.50 bits per heavy atom. The molecule has 0 unspecified atom stereocenters. The van der Waals surface area contributed by atoms with E-state index in [0.29, 0.717) is 0 Å². The molecule has 0 bridgehead atoms. The number of carbonyl (C=O) groups is 1. The van der Waals surface area contributed by atoms with Crippen molar-refractivity contribution < 1.29 is 4.79 Å². The predicted octanol–water partition coefficient (Wildman–Crippen LogP) is 4.92. The van der Waals surface area contributed by atoms with E-state index in [-0.39, 0.29) is 8.73 Å². The van der Waals surface area contributed by atoms with Crippen LogP contribution in [0, 0.1) is 0 Å². The van der Waals surface area contributed by atoms with E-state index in [1.165, 1.54) is 11.8 Å². The van der Waals surface area contributed by atoms with Crippen LogP contribution in [0.5, 0.6) is 0 Å². The number of rotatable bonds is 0. The van der Waals surface area contributed by atoms with Gasteiger partial charge in [0, 0.05) is 0 Å². The van der Waals surface area contributed by atoms with E-state index < -0.39 is 0 Å². The normalized spacial score (nSPS) is 30.7. The van der Waals surface area contributed by atoms with Gasteiger partial charge >= 0.3 is 0 Å². The van der Waals surface area contributed by atoms with E-state index in [2.05, 4.69) is 136 Å². The van der Waals surface area contributed by atoms with Gasteiger partial charge in [-0.15, -0.1) is 0 Å². The fourth-order valence-electron chi connectivity index (χ4n) is 0.556. The lowest BCUT2D eigenvalue weighted by molar-refractivity contribution is -0.110. The molecule has 0 amide bonds. The van der Waals surface area contributed by atoms with Crippen molar-refractivity contribution >= 4 is 152 Å². The SMILES string of the molecule is O=C1SC(I)(I)C(I)(I)C1(I)I. The first-order valence-corrected chi connectivity index (χ1v) is 9.79. The molecule has 1 aliphatic heterocycles. The standard InChI is InChI=1S/C4I6OS/c5-2(6)1(11)12-4(9,10)3(2,7)8. The summed E-state index contributed by atoms with van der Waals surface area (Å²) in [4.78, 5) is 11.7. The van der Waals surface area contributed by atoms with E-state index in [9.17, 15) is 4.79 Å². The average Bonchev–Trinajstić information content (AvgIpc) is 1.92. The molecule has 0 radical (unpaired) electrons. The van der Waals surface area contributed by atoms with Crippen LogP contribution in [0.3, 0.4) is 0 Å². The molecule has 1 rings (SSSR count). The molecule has 1 heterocycles. The number of hydrogen-bond acceptors (Lipinski definition) is 2. The van der Waals surface area contributed by atoms with Crippen LogP contribution in [0.25, 0.3) is 0 Å². The molecule has 12 heavy (non-hydrogen) atoms. The zero-order valence-corrected chi connectivity index (χ0v) is 18.8. The molecule has 1 fully saturated rings. The van der Waals surface area contributed by atoms with Gasteiger partial charge in [0.1, 0.15) is 1.43 Å². The van der Waals surface area contributed by atoms with Gasteiger partial charge in [0.25, 0.3) is 0 Å². The van der Waals surface area contributed by atoms with Gasteiger partial charge in [0.15, 0.2) is 2.19 Å². The number of halogens is 6. The van der Waals surface area contributed by atoms with Gasteiger partial charge in [-0.2, -0.15) is 0 Å². The Kier molecular flexibility index (Phi) is 5.52. The molecule has 0 aromatic heterocycles. The first-order chi connectivity index (χ1) is 5.13. The van der Waals surface area contributed by atoms with Crippen LogP contribution in [0.1, 0.15) is 0 Å². The second-order valence-electron chi connectivity index (χ2n) is 2.06. The van der Waals surface area contributed by atoms with Gasteiger partial charge in [-0.25, -0.2) is 0 Å². The molecule has 0 aromatic carbocycles. The maximum absolute atomic E-state index is 11.7. The molecule has 0 atom stereocenters. The molecule has 0 spiro atoms. The summed E-state index contributed by atoms with van der Waals surface area (Å²) in [7, 11) is 0. The Morgan fingerprint density at radius 1 is 1.00 bits per heavy atom. The van der Waals surface area contributed by atoms with Crippen LogP contribution in [0.4, 0.5) is 0 Å². The summed E-state index contributed by atoms with van der Waals surface area (Å²) in [5, 5.41) is 0.274. The predicted molar refractivity (Wildman–Crippen MR) is 105 cm³/mol. The highest BCUT2D eigenvalue weighted by Gasteiger charge is 2.68. The van der Waals surface area contributed by atoms with Crippen molar-refractivity contribution in [2.75, 3.05) is 0 Å². The third-order valence-electron chi connectivity index (χ3n) is 1.24. The summed E-state index contributed by atoms with van der Waals surface area (Å²) in [5.41, 5.74) is 0. The van der Waals surface area contributed by atoms with Crippen LogP contribution >= 0.6 is 147 Å². The third kappa shape index (κ3) is 2.32. The van der Waals surface area contributed by atoms with Crippen molar-refractivity contribution in [3.8, 4) is 0 Å². The topological polar surface area (TPSA) is 17.1 Å². The lowest BCUT2D eigenvalue weighted by Gasteiger charge is -2.31. The van der Waals surface area contributed by atoms with Gasteiger partial charge in [-0.1, -0.05) is 147 Å². The Balaban J connectivity index is 3.19. The van der Waals surface area contributed by atoms with E-state index >= 15 is 0 Å². The van der Waals surface area contributed by atoms with Crippen molar-refractivity contribution in [2.24, 2.45) is 0 Å². The number of thioether (sulfide) groups is 1. The minimum absolute atomic E-state index is 0.0386. The Bertz CT molecular complexity index is 236. The highest BCUT2D eigenvalue weighted by Crippen LogP contribution is 2.72. The van der Waals surface area contributed by atoms with Crippen molar-refractivity contribution in [1.82, 2.24) is 0 Å². The Morgan fingerprint density at radius 2 is 1.42 bits per heavy atom. The molecule has 1 saturated heterocycles. The monoisotopic (exact) mass is 857 g/mol. The first kappa shape index (κ1) is 14.5. The van der Waals surface area contributed by atoms with Gasteiger partial charge in [0.05, 0.1) is 0 Å². The van der Waals surface area contributed by atoms with E-state index in [1.54, 1.807) is 0 Å². The molecule has 0 aliphatic carbocycles. The van der Waals surface area contributed by atoms with Crippen LogP contribution < -0.4 is 0 Å². The van der Waals surface area contributed by atoms with Gasteiger partial charge < -0.3 is 0 Å². The van der Waals surface area contributed by atoms with Crippen molar-refractivity contribution in [1.29, 1.82) is 0 Å². The number of alkyl halides is 6. The van der Waals surface area contributed by atoms with Gasteiger partial charge in [0.2, 0.25) is 5.12 Å². The summed E-state index contributed by atoms with van der Waals surface area (Å²) in [6.45, 7) is 0. The maximum atomic E-state index is 11.7. The third-order valence-corrected chi connectivity index (χ3v) is 20.8. The summed E-state index contributed by atoms with van der Waals surface area (Å²) < 4.78 is -0.376. The molecule has 1 nitrogen and oxygen atoms in total. The zero-order chi connectivity index (χ0) is 9.78. The van der Waals surface area contributed by atoms with Crippen LogP contribution in [0.15, 0.2) is 0 Å². The lowest BCUT2D eigenvalue weighted by Crippen LogP contribution is -2.40. The highest BCUT2D eigenvalue weighted by molar-refractivity contribution is 14.2. The molecule has 70 valence electrons. The highest BCUT2D eigenvalue weighted by atomic mass is 127. The summed E-state index contributed by atoms with van der Waals surface area (Å²) in [5.74, 6) is 0. The minimum atomic E-state index is -0.295. The van der Waals surface area contributed by atoms with Crippen molar-refractivity contribution in [3.63, 3.8) is 0 Å². The minimum Gasteiger partial charge on any atom is -0.285 e. The molecule has 8 heteroatoms. The fourth-order valence-corrected chi connectivity index (χ4v) is 8.78. The van der Waals surface area contributed by atoms with Crippen LogP contribution in [-0.2, 0) is 4.79 Å². The van der Waals surface area contributed by atoms with Gasteiger partial charge in [-0.05, 0) is 0 Å². The van der Waals surface area contributed by atoms with E-state index in [1.807, 2.05) is 0 Å². The molecule has 0 aromatic rings. The van der Waals surface area contributed by atoms with E-state index in [4.69, 9.17) is 0 Å². The lowest BCUT2D eigenvalue weighted by atomic mass is 10.4. The van der Waals surface area contributed by atoms with Crippen LogP contribution in [0.2, 0.25) is 0 Å². The second kappa shape index (κ2) is 4.58. The zero-order valence-electron chi connectivity index (χ0n) is 5.08. The largest absolute Gasteiger partial charge is 0.285 e. The smallest absolute Gasteiger partial charge is 0.219 e. The fraction of sp³-hybridized carbons (Fsp3) is 0.750.